The molecule has 0 aliphatic rings. The number of nitrogens with zero attached hydrogens (tertiary/aromatic N) is 1. The molecule has 0 bridgehead atoms. The monoisotopic (exact) mass is 298 g/mol. The Hall–Kier alpha value is -3.13. The van der Waals surface area contributed by atoms with Crippen molar-refractivity contribution in [2.75, 3.05) is 5.43 Å². The van der Waals surface area contributed by atoms with Crippen LogP contribution < -0.4 is 5.43 Å². The minimum atomic E-state index is 0.916. The molecule has 3 aromatic carbocycles. The van der Waals surface area contributed by atoms with Crippen molar-refractivity contribution < 1.29 is 0 Å². The van der Waals surface area contributed by atoms with E-state index in [-0.39, 0.29) is 0 Å². The topological polar surface area (TPSA) is 24.4 Å². The van der Waals surface area contributed by atoms with Gasteiger partial charge < -0.3 is 0 Å². The molecular weight excluding hydrogens is 280 g/mol. The lowest BCUT2D eigenvalue weighted by molar-refractivity contribution is 1.32. The van der Waals surface area contributed by atoms with Gasteiger partial charge in [-0.05, 0) is 17.7 Å². The van der Waals surface area contributed by atoms with Gasteiger partial charge in [-0.2, -0.15) is 5.10 Å². The van der Waals surface area contributed by atoms with E-state index < -0.39 is 0 Å². The van der Waals surface area contributed by atoms with Gasteiger partial charge in [0, 0.05) is 11.1 Å². The molecule has 23 heavy (non-hydrogen) atoms. The lowest BCUT2D eigenvalue weighted by Crippen LogP contribution is -2.06. The van der Waals surface area contributed by atoms with Crippen molar-refractivity contribution in [2.24, 2.45) is 5.10 Å². The van der Waals surface area contributed by atoms with E-state index >= 15 is 0 Å². The molecule has 0 aromatic heterocycles. The first-order valence-electron chi connectivity index (χ1n) is 7.54. The Morgan fingerprint density at radius 2 is 1.26 bits per heavy atom. The third-order valence-electron chi connectivity index (χ3n) is 3.54. The van der Waals surface area contributed by atoms with E-state index in [2.05, 4.69) is 41.4 Å². The number of nitrogens with one attached hydrogen (secondary N) is 1. The second-order valence-corrected chi connectivity index (χ2v) is 5.13. The Balaban J connectivity index is 1.93. The van der Waals surface area contributed by atoms with Crippen LogP contribution in [0.2, 0.25) is 0 Å². The van der Waals surface area contributed by atoms with E-state index in [4.69, 9.17) is 0 Å². The quantitative estimate of drug-likeness (QED) is 0.508. The Labute approximate surface area is 136 Å². The summed E-state index contributed by atoms with van der Waals surface area (Å²) in [6.07, 6.45) is 1.83. The van der Waals surface area contributed by atoms with Crippen LogP contribution >= 0.6 is 0 Å². The smallest absolute Gasteiger partial charge is 0.0977 e. The molecule has 2 nitrogen and oxygen atoms in total. The van der Waals surface area contributed by atoms with Gasteiger partial charge in [0.1, 0.15) is 0 Å². The first-order chi connectivity index (χ1) is 11.4. The first kappa shape index (κ1) is 14.8. The Morgan fingerprint density at radius 1 is 0.739 bits per heavy atom. The lowest BCUT2D eigenvalue weighted by atomic mass is 10.0. The van der Waals surface area contributed by atoms with Gasteiger partial charge in [-0.3, -0.25) is 5.43 Å². The van der Waals surface area contributed by atoms with Crippen LogP contribution in [0.5, 0.6) is 0 Å². The van der Waals surface area contributed by atoms with Crippen molar-refractivity contribution in [2.45, 2.75) is 0 Å². The summed E-state index contributed by atoms with van der Waals surface area (Å²) in [7, 11) is 0. The highest BCUT2D eigenvalue weighted by atomic mass is 15.3. The molecule has 0 fully saturated rings. The normalized spacial score (nSPS) is 9.91. The van der Waals surface area contributed by atoms with E-state index in [1.54, 1.807) is 0 Å². The zero-order valence-electron chi connectivity index (χ0n) is 12.8. The Bertz CT molecular complexity index is 747. The minimum Gasteiger partial charge on any atom is -0.278 e. The van der Waals surface area contributed by atoms with Crippen molar-refractivity contribution >= 4 is 17.5 Å². The van der Waals surface area contributed by atoms with E-state index in [0.717, 1.165) is 28.1 Å². The van der Waals surface area contributed by atoms with Crippen LogP contribution in [-0.2, 0) is 0 Å². The Morgan fingerprint density at radius 3 is 1.74 bits per heavy atom. The van der Waals surface area contributed by atoms with Gasteiger partial charge in [0.2, 0.25) is 0 Å². The molecule has 0 aliphatic carbocycles. The Kier molecular flexibility index (Phi) is 4.65. The molecule has 0 heterocycles. The van der Waals surface area contributed by atoms with Gasteiger partial charge >= 0.3 is 0 Å². The second kappa shape index (κ2) is 7.23. The molecule has 0 aliphatic heterocycles. The van der Waals surface area contributed by atoms with Crippen LogP contribution in [-0.4, -0.2) is 5.71 Å². The molecule has 0 unspecified atom stereocenters. The number of benzene rings is 3. The molecule has 0 amide bonds. The number of hydrogen-bond donors (Lipinski definition) is 1. The predicted octanol–water partition coefficient (Wildman–Crippen LogP) is 5.19. The van der Waals surface area contributed by atoms with Crippen molar-refractivity contribution in [3.8, 4) is 0 Å². The number of hydrazone groups is 1. The molecular formula is C21H18N2. The minimum absolute atomic E-state index is 0.916. The number of hydrogen-bond acceptors (Lipinski definition) is 2. The summed E-state index contributed by atoms with van der Waals surface area (Å²) in [6.45, 7) is 3.77. The molecule has 0 saturated carbocycles. The summed E-state index contributed by atoms with van der Waals surface area (Å²) < 4.78 is 0. The van der Waals surface area contributed by atoms with Crippen LogP contribution in [0.4, 0.5) is 5.69 Å². The average molecular weight is 298 g/mol. The van der Waals surface area contributed by atoms with Gasteiger partial charge in [-0.15, -0.1) is 0 Å². The fourth-order valence-corrected chi connectivity index (χ4v) is 2.30. The fraction of sp³-hybridized carbons (Fsp3) is 0. The van der Waals surface area contributed by atoms with Crippen molar-refractivity contribution in [1.82, 2.24) is 0 Å². The van der Waals surface area contributed by atoms with Gasteiger partial charge in [0.15, 0.2) is 0 Å². The molecule has 1 N–H and O–H groups in total. The van der Waals surface area contributed by atoms with Gasteiger partial charge in [0.25, 0.3) is 0 Å². The zero-order valence-corrected chi connectivity index (χ0v) is 12.8. The maximum atomic E-state index is 4.63. The van der Waals surface area contributed by atoms with Gasteiger partial charge in [-0.1, -0.05) is 85.5 Å². The van der Waals surface area contributed by atoms with Crippen molar-refractivity contribution in [3.05, 3.63) is 108 Å². The molecule has 3 aromatic rings. The van der Waals surface area contributed by atoms with E-state index in [0.29, 0.717) is 0 Å². The summed E-state index contributed by atoms with van der Waals surface area (Å²) in [5.41, 5.74) is 8.25. The molecule has 2 heteroatoms. The molecule has 0 atom stereocenters. The molecule has 0 saturated heterocycles. The standard InChI is InChI=1S/C21H18N2/c1-2-17-13-15-20(16-14-17)22-23-21(18-9-5-3-6-10-18)19-11-7-4-8-12-19/h2-16,22H,1H2. The molecule has 3 rings (SSSR count). The highest BCUT2D eigenvalue weighted by molar-refractivity contribution is 6.13. The largest absolute Gasteiger partial charge is 0.278 e. The fourth-order valence-electron chi connectivity index (χ4n) is 2.30. The number of rotatable bonds is 5. The van der Waals surface area contributed by atoms with Crippen LogP contribution in [0.3, 0.4) is 0 Å². The summed E-state index contributed by atoms with van der Waals surface area (Å²) in [6, 6.07) is 28.4. The van der Waals surface area contributed by atoms with Gasteiger partial charge in [0.05, 0.1) is 11.4 Å². The summed E-state index contributed by atoms with van der Waals surface area (Å²) in [5, 5.41) is 4.63. The zero-order chi connectivity index (χ0) is 15.9. The summed E-state index contributed by atoms with van der Waals surface area (Å²) >= 11 is 0. The number of anilines is 1. The SMILES string of the molecule is C=Cc1ccc(NN=C(c2ccccc2)c2ccccc2)cc1. The van der Waals surface area contributed by atoms with Crippen LogP contribution in [0.15, 0.2) is 96.6 Å². The predicted molar refractivity (Wildman–Crippen MR) is 98.7 cm³/mol. The average Bonchev–Trinajstić information content (AvgIpc) is 2.64. The second-order valence-electron chi connectivity index (χ2n) is 5.13. The van der Waals surface area contributed by atoms with Crippen LogP contribution in [0, 0.1) is 0 Å². The van der Waals surface area contributed by atoms with E-state index in [1.807, 2.05) is 66.7 Å². The molecule has 0 radical (unpaired) electrons. The van der Waals surface area contributed by atoms with E-state index in [9.17, 15) is 0 Å². The van der Waals surface area contributed by atoms with E-state index in [1.165, 1.54) is 0 Å². The van der Waals surface area contributed by atoms with Crippen LogP contribution in [0.25, 0.3) is 6.08 Å². The van der Waals surface area contributed by atoms with Gasteiger partial charge in [-0.25, -0.2) is 0 Å². The third-order valence-corrected chi connectivity index (χ3v) is 3.54. The van der Waals surface area contributed by atoms with Crippen molar-refractivity contribution in [3.63, 3.8) is 0 Å². The maximum absolute atomic E-state index is 4.63. The van der Waals surface area contributed by atoms with Crippen LogP contribution in [0.1, 0.15) is 16.7 Å². The maximum Gasteiger partial charge on any atom is 0.0977 e. The lowest BCUT2D eigenvalue weighted by Gasteiger charge is -2.08. The first-order valence-corrected chi connectivity index (χ1v) is 7.54. The highest BCUT2D eigenvalue weighted by Gasteiger charge is 2.06. The molecule has 0 spiro atoms. The molecule has 112 valence electrons. The van der Waals surface area contributed by atoms with Crippen molar-refractivity contribution in [1.29, 1.82) is 0 Å². The third kappa shape index (κ3) is 3.74. The summed E-state index contributed by atoms with van der Waals surface area (Å²) in [4.78, 5) is 0. The highest BCUT2D eigenvalue weighted by Crippen LogP contribution is 2.14. The summed E-state index contributed by atoms with van der Waals surface area (Å²) in [5.74, 6) is 0.